The van der Waals surface area contributed by atoms with E-state index in [9.17, 15) is 0 Å². The standard InChI is InChI=1S/C14H20ClN3/c1-3-5-8-18-13-7-6-10(15)9-12(13)17-14(18)11(16)4-2/h6-7,9,11H,3-5,8,16H2,1-2H3. The molecular weight excluding hydrogens is 246 g/mol. The number of rotatable bonds is 5. The van der Waals surface area contributed by atoms with E-state index in [2.05, 4.69) is 23.4 Å². The number of aromatic nitrogens is 2. The third-order valence-corrected chi connectivity index (χ3v) is 3.48. The van der Waals surface area contributed by atoms with Crippen molar-refractivity contribution >= 4 is 22.6 Å². The van der Waals surface area contributed by atoms with Gasteiger partial charge in [0, 0.05) is 11.6 Å². The van der Waals surface area contributed by atoms with E-state index in [1.807, 2.05) is 18.2 Å². The van der Waals surface area contributed by atoms with E-state index < -0.39 is 0 Å². The van der Waals surface area contributed by atoms with Gasteiger partial charge in [0.2, 0.25) is 0 Å². The lowest BCUT2D eigenvalue weighted by Crippen LogP contribution is -2.16. The zero-order valence-corrected chi connectivity index (χ0v) is 11.7. The molecular formula is C14H20ClN3. The number of hydrogen-bond acceptors (Lipinski definition) is 2. The second kappa shape index (κ2) is 5.72. The van der Waals surface area contributed by atoms with Crippen LogP contribution in [0, 0.1) is 0 Å². The molecule has 0 saturated heterocycles. The summed E-state index contributed by atoms with van der Waals surface area (Å²) in [5.74, 6) is 0.975. The molecule has 0 spiro atoms. The summed E-state index contributed by atoms with van der Waals surface area (Å²) in [4.78, 5) is 4.65. The molecule has 1 atom stereocenters. The van der Waals surface area contributed by atoms with Crippen molar-refractivity contribution in [3.8, 4) is 0 Å². The molecule has 2 rings (SSSR count). The number of fused-ring (bicyclic) bond motifs is 1. The first-order valence-electron chi connectivity index (χ1n) is 6.58. The molecule has 98 valence electrons. The van der Waals surface area contributed by atoms with E-state index in [0.29, 0.717) is 0 Å². The third-order valence-electron chi connectivity index (χ3n) is 3.25. The molecule has 1 heterocycles. The second-order valence-corrected chi connectivity index (χ2v) is 5.06. The smallest absolute Gasteiger partial charge is 0.126 e. The van der Waals surface area contributed by atoms with Crippen LogP contribution in [0.4, 0.5) is 0 Å². The lowest BCUT2D eigenvalue weighted by molar-refractivity contribution is 0.560. The lowest BCUT2D eigenvalue weighted by Gasteiger charge is -2.12. The van der Waals surface area contributed by atoms with Gasteiger partial charge in [-0.3, -0.25) is 0 Å². The van der Waals surface area contributed by atoms with Crippen LogP contribution in [0.5, 0.6) is 0 Å². The average molecular weight is 266 g/mol. The van der Waals surface area contributed by atoms with Crippen molar-refractivity contribution in [1.29, 1.82) is 0 Å². The Bertz CT molecular complexity index is 533. The van der Waals surface area contributed by atoms with E-state index in [1.54, 1.807) is 0 Å². The number of nitrogens with two attached hydrogens (primary N) is 1. The van der Waals surface area contributed by atoms with Gasteiger partial charge in [-0.15, -0.1) is 0 Å². The van der Waals surface area contributed by atoms with Crippen LogP contribution in [-0.4, -0.2) is 9.55 Å². The van der Waals surface area contributed by atoms with E-state index in [0.717, 1.165) is 47.7 Å². The van der Waals surface area contributed by atoms with Gasteiger partial charge in [-0.1, -0.05) is 31.9 Å². The van der Waals surface area contributed by atoms with Gasteiger partial charge in [0.05, 0.1) is 17.1 Å². The van der Waals surface area contributed by atoms with Crippen LogP contribution in [0.3, 0.4) is 0 Å². The van der Waals surface area contributed by atoms with Crippen molar-refractivity contribution in [2.45, 2.75) is 45.7 Å². The minimum atomic E-state index is -0.00645. The fourth-order valence-electron chi connectivity index (χ4n) is 2.14. The van der Waals surface area contributed by atoms with Crippen molar-refractivity contribution in [3.63, 3.8) is 0 Å². The normalized spacial score (nSPS) is 13.1. The van der Waals surface area contributed by atoms with Crippen LogP contribution in [0.1, 0.15) is 45.0 Å². The maximum Gasteiger partial charge on any atom is 0.126 e. The van der Waals surface area contributed by atoms with Gasteiger partial charge < -0.3 is 10.3 Å². The van der Waals surface area contributed by atoms with Gasteiger partial charge in [0.1, 0.15) is 5.82 Å². The Morgan fingerprint density at radius 2 is 2.17 bits per heavy atom. The number of imidazole rings is 1. The van der Waals surface area contributed by atoms with E-state index in [4.69, 9.17) is 17.3 Å². The summed E-state index contributed by atoms with van der Waals surface area (Å²) >= 11 is 6.02. The molecule has 1 unspecified atom stereocenters. The monoisotopic (exact) mass is 265 g/mol. The molecule has 0 amide bonds. The molecule has 2 N–H and O–H groups in total. The Labute approximate surface area is 113 Å². The van der Waals surface area contributed by atoms with Crippen LogP contribution >= 0.6 is 11.6 Å². The molecule has 0 saturated carbocycles. The van der Waals surface area contributed by atoms with Crippen molar-refractivity contribution in [3.05, 3.63) is 29.0 Å². The highest BCUT2D eigenvalue weighted by Gasteiger charge is 2.15. The number of aryl methyl sites for hydroxylation is 1. The molecule has 3 nitrogen and oxygen atoms in total. The van der Waals surface area contributed by atoms with Crippen molar-refractivity contribution in [2.75, 3.05) is 0 Å². The lowest BCUT2D eigenvalue weighted by atomic mass is 10.2. The highest BCUT2D eigenvalue weighted by Crippen LogP contribution is 2.24. The molecule has 0 radical (unpaired) electrons. The maximum atomic E-state index is 6.15. The SMILES string of the molecule is CCCCn1c(C(N)CC)nc2cc(Cl)ccc21. The van der Waals surface area contributed by atoms with Crippen molar-refractivity contribution < 1.29 is 0 Å². The van der Waals surface area contributed by atoms with Gasteiger partial charge in [-0.05, 0) is 31.0 Å². The molecule has 2 aromatic rings. The summed E-state index contributed by atoms with van der Waals surface area (Å²) in [5, 5.41) is 0.722. The van der Waals surface area contributed by atoms with Crippen LogP contribution in [0.25, 0.3) is 11.0 Å². The average Bonchev–Trinajstić information content (AvgIpc) is 2.73. The Hall–Kier alpha value is -1.06. The van der Waals surface area contributed by atoms with E-state index in [-0.39, 0.29) is 6.04 Å². The third kappa shape index (κ3) is 2.52. The number of halogens is 1. The number of unbranched alkanes of at least 4 members (excludes halogenated alkanes) is 1. The topological polar surface area (TPSA) is 43.8 Å². The molecule has 0 aliphatic carbocycles. The zero-order valence-electron chi connectivity index (χ0n) is 11.0. The Balaban J connectivity index is 2.52. The van der Waals surface area contributed by atoms with Crippen LogP contribution in [0.15, 0.2) is 18.2 Å². The first-order valence-corrected chi connectivity index (χ1v) is 6.96. The molecule has 1 aromatic heterocycles. The van der Waals surface area contributed by atoms with Crippen LogP contribution in [-0.2, 0) is 6.54 Å². The second-order valence-electron chi connectivity index (χ2n) is 4.62. The summed E-state index contributed by atoms with van der Waals surface area (Å²) < 4.78 is 2.24. The minimum absolute atomic E-state index is 0.00645. The number of nitrogens with zero attached hydrogens (tertiary/aromatic N) is 2. The van der Waals surface area contributed by atoms with Crippen LogP contribution in [0.2, 0.25) is 5.02 Å². The van der Waals surface area contributed by atoms with Gasteiger partial charge in [0.25, 0.3) is 0 Å². The Morgan fingerprint density at radius 3 is 2.83 bits per heavy atom. The maximum absolute atomic E-state index is 6.15. The summed E-state index contributed by atoms with van der Waals surface area (Å²) in [7, 11) is 0. The highest BCUT2D eigenvalue weighted by atomic mass is 35.5. The fourth-order valence-corrected chi connectivity index (χ4v) is 2.30. The van der Waals surface area contributed by atoms with Crippen molar-refractivity contribution in [2.24, 2.45) is 5.73 Å². The molecule has 0 aliphatic rings. The Morgan fingerprint density at radius 1 is 1.39 bits per heavy atom. The molecule has 4 heteroatoms. The van der Waals surface area contributed by atoms with E-state index >= 15 is 0 Å². The van der Waals surface area contributed by atoms with Gasteiger partial charge in [-0.2, -0.15) is 0 Å². The number of hydrogen-bond donors (Lipinski definition) is 1. The van der Waals surface area contributed by atoms with Gasteiger partial charge in [-0.25, -0.2) is 4.98 Å². The molecule has 0 aliphatic heterocycles. The summed E-state index contributed by atoms with van der Waals surface area (Å²) in [6.45, 7) is 5.24. The van der Waals surface area contributed by atoms with Crippen molar-refractivity contribution in [1.82, 2.24) is 9.55 Å². The quantitative estimate of drug-likeness (QED) is 0.891. The first kappa shape index (κ1) is 13.4. The van der Waals surface area contributed by atoms with E-state index in [1.165, 1.54) is 0 Å². The van der Waals surface area contributed by atoms with Gasteiger partial charge in [0.15, 0.2) is 0 Å². The first-order chi connectivity index (χ1) is 8.67. The number of benzene rings is 1. The molecule has 0 bridgehead atoms. The zero-order chi connectivity index (χ0) is 13.1. The summed E-state index contributed by atoms with van der Waals surface area (Å²) in [5.41, 5.74) is 8.23. The van der Waals surface area contributed by atoms with Gasteiger partial charge >= 0.3 is 0 Å². The minimum Gasteiger partial charge on any atom is -0.327 e. The largest absolute Gasteiger partial charge is 0.327 e. The summed E-state index contributed by atoms with van der Waals surface area (Å²) in [6.07, 6.45) is 3.19. The molecule has 0 fully saturated rings. The highest BCUT2D eigenvalue weighted by molar-refractivity contribution is 6.31. The predicted octanol–water partition coefficient (Wildman–Crippen LogP) is 3.90. The fraction of sp³-hybridized carbons (Fsp3) is 0.500. The van der Waals surface area contributed by atoms with Crippen LogP contribution < -0.4 is 5.73 Å². The molecule has 1 aromatic carbocycles. The Kier molecular flexibility index (Phi) is 4.25. The summed E-state index contributed by atoms with van der Waals surface area (Å²) in [6, 6.07) is 5.85. The predicted molar refractivity (Wildman–Crippen MR) is 76.9 cm³/mol. The molecule has 18 heavy (non-hydrogen) atoms.